The summed E-state index contributed by atoms with van der Waals surface area (Å²) in [7, 11) is -2.49. The zero-order valence-electron chi connectivity index (χ0n) is 12.1. The quantitative estimate of drug-likeness (QED) is 0.873. The highest BCUT2D eigenvalue weighted by Crippen LogP contribution is 2.21. The lowest BCUT2D eigenvalue weighted by atomic mass is 10.2. The molecule has 0 bridgehead atoms. The molecule has 22 heavy (non-hydrogen) atoms. The highest BCUT2D eigenvalue weighted by molar-refractivity contribution is 7.90. The minimum absolute atomic E-state index is 0.126. The number of benzene rings is 1. The van der Waals surface area contributed by atoms with E-state index in [2.05, 4.69) is 9.82 Å². The molecule has 6 nitrogen and oxygen atoms in total. The maximum Gasteiger partial charge on any atom is 0.301 e. The molecule has 0 saturated carbocycles. The van der Waals surface area contributed by atoms with E-state index in [-0.39, 0.29) is 17.1 Å². The Hall–Kier alpha value is -1.64. The zero-order valence-corrected chi connectivity index (χ0v) is 13.7. The van der Waals surface area contributed by atoms with E-state index in [1.807, 2.05) is 6.92 Å². The topological polar surface area (TPSA) is 67.2 Å². The summed E-state index contributed by atoms with van der Waals surface area (Å²) in [5.41, 5.74) is 0.467. The summed E-state index contributed by atoms with van der Waals surface area (Å²) in [6.07, 6.45) is 2.98. The standard InChI is InChI=1S/C13H16ClFN4O2S/c1-3-19-8-10(7-16-19)17-22(20,21)18(2)9-11-12(14)5-4-6-13(11)15/h4-8,17H,3,9H2,1-2H3. The van der Waals surface area contributed by atoms with E-state index in [9.17, 15) is 12.8 Å². The van der Waals surface area contributed by atoms with Crippen LogP contribution in [0.2, 0.25) is 5.02 Å². The smallest absolute Gasteiger partial charge is 0.271 e. The number of aromatic nitrogens is 2. The van der Waals surface area contributed by atoms with Crippen LogP contribution >= 0.6 is 11.6 Å². The van der Waals surface area contributed by atoms with Crippen LogP contribution in [0.5, 0.6) is 0 Å². The van der Waals surface area contributed by atoms with Crippen LogP contribution in [0.1, 0.15) is 12.5 Å². The van der Waals surface area contributed by atoms with Crippen molar-refractivity contribution in [3.63, 3.8) is 0 Å². The molecule has 0 radical (unpaired) electrons. The lowest BCUT2D eigenvalue weighted by molar-refractivity contribution is 0.461. The van der Waals surface area contributed by atoms with Gasteiger partial charge in [0, 0.05) is 36.9 Å². The van der Waals surface area contributed by atoms with Crippen molar-refractivity contribution >= 4 is 27.5 Å². The molecule has 9 heteroatoms. The van der Waals surface area contributed by atoms with Gasteiger partial charge in [-0.2, -0.15) is 17.8 Å². The lowest BCUT2D eigenvalue weighted by Gasteiger charge is -2.18. The van der Waals surface area contributed by atoms with Crippen molar-refractivity contribution in [2.75, 3.05) is 11.8 Å². The number of nitrogens with zero attached hydrogens (tertiary/aromatic N) is 3. The molecular weight excluding hydrogens is 331 g/mol. The van der Waals surface area contributed by atoms with Gasteiger partial charge in [-0.1, -0.05) is 17.7 Å². The molecule has 0 unspecified atom stereocenters. The van der Waals surface area contributed by atoms with Crippen molar-refractivity contribution in [2.24, 2.45) is 0 Å². The Balaban J connectivity index is 2.15. The first-order chi connectivity index (χ1) is 10.3. The van der Waals surface area contributed by atoms with Gasteiger partial charge < -0.3 is 0 Å². The Morgan fingerprint density at radius 2 is 2.18 bits per heavy atom. The second-order valence-corrected chi connectivity index (χ2v) is 6.83. The third-order valence-electron chi connectivity index (χ3n) is 3.06. The van der Waals surface area contributed by atoms with Crippen molar-refractivity contribution in [3.05, 3.63) is 47.0 Å². The maximum absolute atomic E-state index is 13.7. The molecule has 1 N–H and O–H groups in total. The molecule has 1 aromatic carbocycles. The van der Waals surface area contributed by atoms with Crippen LogP contribution < -0.4 is 4.72 Å². The maximum atomic E-state index is 13.7. The summed E-state index contributed by atoms with van der Waals surface area (Å²) >= 11 is 5.91. The number of anilines is 1. The Morgan fingerprint density at radius 3 is 2.77 bits per heavy atom. The van der Waals surface area contributed by atoms with Gasteiger partial charge in [0.1, 0.15) is 5.82 Å². The average molecular weight is 347 g/mol. The van der Waals surface area contributed by atoms with Gasteiger partial charge in [0.2, 0.25) is 0 Å². The van der Waals surface area contributed by atoms with E-state index in [0.717, 1.165) is 4.31 Å². The number of rotatable bonds is 6. The summed E-state index contributed by atoms with van der Waals surface area (Å²) in [5, 5.41) is 4.16. The van der Waals surface area contributed by atoms with Crippen molar-refractivity contribution in [1.29, 1.82) is 0 Å². The normalized spacial score (nSPS) is 11.9. The van der Waals surface area contributed by atoms with Crippen molar-refractivity contribution < 1.29 is 12.8 Å². The van der Waals surface area contributed by atoms with Crippen LogP contribution in [-0.2, 0) is 23.3 Å². The third kappa shape index (κ3) is 3.76. The van der Waals surface area contributed by atoms with Gasteiger partial charge >= 0.3 is 10.2 Å². The molecule has 1 heterocycles. The van der Waals surface area contributed by atoms with E-state index in [1.54, 1.807) is 10.9 Å². The molecule has 0 saturated heterocycles. The van der Waals surface area contributed by atoms with Gasteiger partial charge in [-0.3, -0.25) is 9.40 Å². The van der Waals surface area contributed by atoms with Gasteiger partial charge in [0.05, 0.1) is 11.9 Å². The van der Waals surface area contributed by atoms with Crippen LogP contribution in [0.4, 0.5) is 10.1 Å². The molecule has 0 aliphatic heterocycles. The second-order valence-electron chi connectivity index (χ2n) is 4.65. The molecule has 0 aliphatic carbocycles. The second kappa shape index (κ2) is 6.64. The molecule has 0 amide bonds. The van der Waals surface area contributed by atoms with Crippen molar-refractivity contribution in [2.45, 2.75) is 20.0 Å². The summed E-state index contributed by atoms with van der Waals surface area (Å²) in [4.78, 5) is 0. The summed E-state index contributed by atoms with van der Waals surface area (Å²) in [6, 6.07) is 4.21. The largest absolute Gasteiger partial charge is 0.301 e. The van der Waals surface area contributed by atoms with E-state index in [1.165, 1.54) is 31.4 Å². The van der Waals surface area contributed by atoms with Crippen molar-refractivity contribution in [1.82, 2.24) is 14.1 Å². The molecule has 2 rings (SSSR count). The van der Waals surface area contributed by atoms with Gasteiger partial charge in [-0.05, 0) is 19.1 Å². The number of hydrogen-bond acceptors (Lipinski definition) is 3. The summed E-state index contributed by atoms with van der Waals surface area (Å²) < 4.78 is 43.2. The van der Waals surface area contributed by atoms with Crippen LogP contribution in [0.3, 0.4) is 0 Å². The fourth-order valence-electron chi connectivity index (χ4n) is 1.81. The fourth-order valence-corrected chi connectivity index (χ4v) is 2.89. The highest BCUT2D eigenvalue weighted by atomic mass is 35.5. The lowest BCUT2D eigenvalue weighted by Crippen LogP contribution is -2.32. The van der Waals surface area contributed by atoms with Crippen LogP contribution in [0.15, 0.2) is 30.6 Å². The Bertz CT molecular complexity index is 743. The highest BCUT2D eigenvalue weighted by Gasteiger charge is 2.21. The van der Waals surface area contributed by atoms with Gasteiger partial charge in [0.25, 0.3) is 0 Å². The Morgan fingerprint density at radius 1 is 1.45 bits per heavy atom. The SMILES string of the molecule is CCn1cc(NS(=O)(=O)N(C)Cc2c(F)cccc2Cl)cn1. The predicted molar refractivity (Wildman–Crippen MR) is 83.3 cm³/mol. The fraction of sp³-hybridized carbons (Fsp3) is 0.308. The zero-order chi connectivity index (χ0) is 16.3. The Kier molecular flexibility index (Phi) is 5.05. The van der Waals surface area contributed by atoms with Gasteiger partial charge in [-0.15, -0.1) is 0 Å². The van der Waals surface area contributed by atoms with Gasteiger partial charge in [-0.25, -0.2) is 4.39 Å². The van der Waals surface area contributed by atoms with Gasteiger partial charge in [0.15, 0.2) is 0 Å². The Labute approximate surface area is 133 Å². The molecule has 2 aromatic rings. The molecule has 0 spiro atoms. The number of halogens is 2. The minimum Gasteiger partial charge on any atom is -0.271 e. The van der Waals surface area contributed by atoms with E-state index >= 15 is 0 Å². The summed E-state index contributed by atoms with van der Waals surface area (Å²) in [6.45, 7) is 2.34. The first-order valence-corrected chi connectivity index (χ1v) is 8.34. The summed E-state index contributed by atoms with van der Waals surface area (Å²) in [5.74, 6) is -0.548. The molecule has 0 atom stereocenters. The van der Waals surface area contributed by atoms with E-state index in [0.29, 0.717) is 12.2 Å². The molecule has 120 valence electrons. The van der Waals surface area contributed by atoms with E-state index in [4.69, 9.17) is 11.6 Å². The molecular formula is C13H16ClFN4O2S. The van der Waals surface area contributed by atoms with Crippen LogP contribution in [0, 0.1) is 5.82 Å². The number of aryl methyl sites for hydroxylation is 1. The monoisotopic (exact) mass is 346 g/mol. The average Bonchev–Trinajstić information content (AvgIpc) is 2.89. The number of nitrogens with one attached hydrogen (secondary N) is 1. The predicted octanol–water partition coefficient (Wildman–Crippen LogP) is 2.48. The number of hydrogen-bond donors (Lipinski definition) is 1. The minimum atomic E-state index is -3.84. The third-order valence-corrected chi connectivity index (χ3v) is 4.85. The molecule has 0 fully saturated rings. The first-order valence-electron chi connectivity index (χ1n) is 6.53. The van der Waals surface area contributed by atoms with Crippen LogP contribution in [-0.4, -0.2) is 29.6 Å². The van der Waals surface area contributed by atoms with Crippen LogP contribution in [0.25, 0.3) is 0 Å². The van der Waals surface area contributed by atoms with E-state index < -0.39 is 16.0 Å². The molecule has 0 aliphatic rings. The first kappa shape index (κ1) is 16.7. The molecule has 1 aromatic heterocycles. The van der Waals surface area contributed by atoms with Crippen molar-refractivity contribution in [3.8, 4) is 0 Å².